The molecule has 1 rings (SSSR count). The van der Waals surface area contributed by atoms with Gasteiger partial charge in [0, 0.05) is 18.6 Å². The first-order valence-electron chi connectivity index (χ1n) is 9.20. The zero-order chi connectivity index (χ0) is 18.3. The van der Waals surface area contributed by atoms with Gasteiger partial charge in [0.05, 0.1) is 27.2 Å². The third-order valence-electron chi connectivity index (χ3n) is 3.97. The molecule has 0 aliphatic rings. The monoisotopic (exact) mass is 336 g/mol. The van der Waals surface area contributed by atoms with Crippen molar-refractivity contribution in [1.82, 2.24) is 0 Å². The molecule has 1 N–H and O–H groups in total. The Morgan fingerprint density at radius 3 is 2.17 bits per heavy atom. The fraction of sp³-hybridized carbons (Fsp3) is 0.619. The van der Waals surface area contributed by atoms with Crippen molar-refractivity contribution in [1.29, 1.82) is 0 Å². The molecule has 1 aromatic rings. The summed E-state index contributed by atoms with van der Waals surface area (Å²) in [6.07, 6.45) is 8.38. The molecule has 0 bridgehead atoms. The maximum absolute atomic E-state index is 9.08. The summed E-state index contributed by atoms with van der Waals surface area (Å²) in [7, 11) is 4.35. The molecule has 24 heavy (non-hydrogen) atoms. The topological polar surface area (TPSA) is 29.5 Å². The number of nitrogens with zero attached hydrogens (tertiary/aromatic N) is 1. The number of aliphatic hydroxyl groups excluding tert-OH is 1. The normalized spacial score (nSPS) is 12.8. The summed E-state index contributed by atoms with van der Waals surface area (Å²) in [6, 6.07) is 10.4. The molecule has 0 fully saturated rings. The van der Waals surface area contributed by atoms with Gasteiger partial charge in [0.1, 0.15) is 0 Å². The predicted octanol–water partition coefficient (Wildman–Crippen LogP) is 4.93. The lowest BCUT2D eigenvalue weighted by Gasteiger charge is -2.37. The number of hydrogen-bond donors (Lipinski definition) is 1. The summed E-state index contributed by atoms with van der Waals surface area (Å²) in [5.74, 6) is 0. The van der Waals surface area contributed by atoms with Crippen LogP contribution in [0.2, 0.25) is 0 Å². The van der Waals surface area contributed by atoms with E-state index in [-0.39, 0.29) is 12.8 Å². The molecule has 3 heteroatoms. The highest BCUT2D eigenvalue weighted by Gasteiger charge is 2.30. The Bertz CT molecular complexity index is 411. The fourth-order valence-corrected chi connectivity index (χ4v) is 2.46. The van der Waals surface area contributed by atoms with E-state index < -0.39 is 0 Å². The lowest BCUT2D eigenvalue weighted by Crippen LogP contribution is -2.45. The van der Waals surface area contributed by atoms with Gasteiger partial charge in [-0.1, -0.05) is 62.2 Å². The van der Waals surface area contributed by atoms with E-state index >= 15 is 0 Å². The van der Waals surface area contributed by atoms with Crippen molar-refractivity contribution in [2.24, 2.45) is 0 Å². The molecule has 1 aromatic carbocycles. The van der Waals surface area contributed by atoms with Crippen molar-refractivity contribution in [2.75, 3.05) is 33.9 Å². The molecule has 138 valence electrons. The van der Waals surface area contributed by atoms with Crippen LogP contribution in [0.3, 0.4) is 0 Å². The van der Waals surface area contributed by atoms with Crippen molar-refractivity contribution in [2.45, 2.75) is 52.7 Å². The van der Waals surface area contributed by atoms with Gasteiger partial charge in [-0.2, -0.15) is 0 Å². The number of hydrogen-bond acceptors (Lipinski definition) is 2. The molecular weight excluding hydrogens is 298 g/mol. The Labute approximate surface area is 149 Å². The third kappa shape index (κ3) is 9.86. The van der Waals surface area contributed by atoms with Crippen LogP contribution in [-0.2, 0) is 4.74 Å². The minimum Gasteiger partial charge on any atom is -0.396 e. The van der Waals surface area contributed by atoms with Crippen molar-refractivity contribution >= 4 is 0 Å². The summed E-state index contributed by atoms with van der Waals surface area (Å²) < 4.78 is 6.93. The smallest absolute Gasteiger partial charge is 0.219 e. The van der Waals surface area contributed by atoms with E-state index in [0.29, 0.717) is 0 Å². The Hall–Kier alpha value is -1.16. The van der Waals surface area contributed by atoms with E-state index in [4.69, 9.17) is 9.84 Å². The second kappa shape index (κ2) is 14.2. The second-order valence-corrected chi connectivity index (χ2v) is 6.59. The van der Waals surface area contributed by atoms with Crippen LogP contribution in [0.1, 0.15) is 58.2 Å². The van der Waals surface area contributed by atoms with E-state index in [1.165, 1.54) is 18.4 Å². The quantitative estimate of drug-likeness (QED) is 0.284. The molecule has 0 aromatic heterocycles. The lowest BCUT2D eigenvalue weighted by molar-refractivity contribution is -0.945. The molecule has 0 amide bonds. The first-order chi connectivity index (χ1) is 11.5. The molecular formula is C21H38NO2+. The van der Waals surface area contributed by atoms with E-state index in [9.17, 15) is 0 Å². The average Bonchev–Trinajstić information content (AvgIpc) is 2.60. The highest BCUT2D eigenvalue weighted by Crippen LogP contribution is 2.27. The number of quaternary nitrogens is 1. The van der Waals surface area contributed by atoms with E-state index in [2.05, 4.69) is 45.3 Å². The van der Waals surface area contributed by atoms with Gasteiger partial charge in [0.15, 0.2) is 0 Å². The van der Waals surface area contributed by atoms with Crippen LogP contribution >= 0.6 is 0 Å². The highest BCUT2D eigenvalue weighted by molar-refractivity contribution is 5.15. The van der Waals surface area contributed by atoms with E-state index in [0.717, 1.165) is 30.5 Å². The Kier molecular flexibility index (Phi) is 13.5. The van der Waals surface area contributed by atoms with Crippen LogP contribution in [0.4, 0.5) is 0 Å². The highest BCUT2D eigenvalue weighted by atomic mass is 16.5. The number of allylic oxidation sites excluding steroid dienone is 2. The van der Waals surface area contributed by atoms with Gasteiger partial charge in [0.25, 0.3) is 0 Å². The summed E-state index contributed by atoms with van der Waals surface area (Å²) >= 11 is 0. The molecule has 0 aliphatic heterocycles. The van der Waals surface area contributed by atoms with Gasteiger partial charge in [-0.05, 0) is 20.3 Å². The lowest BCUT2D eigenvalue weighted by atomic mass is 10.1. The molecule has 0 saturated heterocycles. The molecule has 1 atom stereocenters. The minimum absolute atomic E-state index is 0.0413. The first-order valence-corrected chi connectivity index (χ1v) is 9.20. The molecule has 0 heterocycles. The minimum atomic E-state index is 0.0413. The predicted molar refractivity (Wildman–Crippen MR) is 104 cm³/mol. The SMILES string of the molecule is CC=CC.CCCCCOC(c1ccccc1)[N+](C)(C)CCCO. The van der Waals surface area contributed by atoms with Crippen molar-refractivity contribution < 1.29 is 14.3 Å². The van der Waals surface area contributed by atoms with Gasteiger partial charge in [0.2, 0.25) is 6.23 Å². The van der Waals surface area contributed by atoms with Crippen molar-refractivity contribution in [3.63, 3.8) is 0 Å². The van der Waals surface area contributed by atoms with Gasteiger partial charge >= 0.3 is 0 Å². The van der Waals surface area contributed by atoms with Crippen LogP contribution in [0, 0.1) is 0 Å². The van der Waals surface area contributed by atoms with Crippen molar-refractivity contribution in [3.8, 4) is 0 Å². The number of rotatable bonds is 10. The van der Waals surface area contributed by atoms with E-state index in [1.54, 1.807) is 0 Å². The molecule has 0 radical (unpaired) electrons. The summed E-state index contributed by atoms with van der Waals surface area (Å²) in [4.78, 5) is 0. The molecule has 0 spiro atoms. The maximum Gasteiger partial charge on any atom is 0.219 e. The molecule has 3 nitrogen and oxygen atoms in total. The van der Waals surface area contributed by atoms with Crippen LogP contribution in [-0.4, -0.2) is 43.4 Å². The number of aliphatic hydroxyl groups is 1. The summed E-state index contributed by atoms with van der Waals surface area (Å²) in [5.41, 5.74) is 1.21. The van der Waals surface area contributed by atoms with Gasteiger partial charge < -0.3 is 9.84 Å². The van der Waals surface area contributed by atoms with E-state index in [1.807, 2.05) is 32.1 Å². The number of ether oxygens (including phenoxy) is 1. The van der Waals surface area contributed by atoms with Gasteiger partial charge in [-0.3, -0.25) is 4.48 Å². The molecule has 0 saturated carbocycles. The van der Waals surface area contributed by atoms with Crippen LogP contribution in [0.15, 0.2) is 42.5 Å². The number of benzene rings is 1. The standard InChI is InChI=1S/C17H30NO2.C4H8/c1-4-5-9-15-20-17(16-11-7-6-8-12-16)18(2,3)13-10-14-19;1-3-4-2/h6-8,11-12,17,19H,4-5,9-10,13-15H2,1-3H3;3-4H,1-2H3/q+1;. The van der Waals surface area contributed by atoms with Gasteiger partial charge in [-0.25, -0.2) is 0 Å². The van der Waals surface area contributed by atoms with Crippen molar-refractivity contribution in [3.05, 3.63) is 48.0 Å². The Morgan fingerprint density at radius 2 is 1.67 bits per heavy atom. The zero-order valence-corrected chi connectivity index (χ0v) is 16.4. The fourth-order valence-electron chi connectivity index (χ4n) is 2.46. The summed E-state index contributed by atoms with van der Waals surface area (Å²) in [6.45, 7) is 8.15. The van der Waals surface area contributed by atoms with Crippen LogP contribution in [0.25, 0.3) is 0 Å². The number of unbranched alkanes of at least 4 members (excludes halogenated alkanes) is 2. The van der Waals surface area contributed by atoms with Crippen LogP contribution < -0.4 is 0 Å². The summed E-state index contributed by atoms with van der Waals surface area (Å²) in [5, 5.41) is 9.08. The Balaban J connectivity index is 0.00000118. The van der Waals surface area contributed by atoms with Crippen LogP contribution in [0.5, 0.6) is 0 Å². The third-order valence-corrected chi connectivity index (χ3v) is 3.97. The largest absolute Gasteiger partial charge is 0.396 e. The molecule has 0 aliphatic carbocycles. The molecule has 1 unspecified atom stereocenters. The average molecular weight is 337 g/mol. The zero-order valence-electron chi connectivity index (χ0n) is 16.4. The first kappa shape index (κ1) is 22.8. The van der Waals surface area contributed by atoms with Gasteiger partial charge in [-0.15, -0.1) is 0 Å². The maximum atomic E-state index is 9.08. The second-order valence-electron chi connectivity index (χ2n) is 6.59. The Morgan fingerprint density at radius 1 is 1.04 bits per heavy atom.